The molecule has 4 atom stereocenters. The normalized spacial score (nSPS) is 22.5. The average molecular weight is 722 g/mol. The Bertz CT molecular complexity index is 1370. The lowest BCUT2D eigenvalue weighted by molar-refractivity contribution is -0.145. The van der Waals surface area contributed by atoms with Gasteiger partial charge in [0.15, 0.2) is 9.84 Å². The number of hydrogen-bond acceptors (Lipinski definition) is 7. The molecule has 2 unspecified atom stereocenters. The first-order chi connectivity index (χ1) is 23.1. The number of carbonyl (C=O) groups is 5. The molecule has 3 rings (SSSR count). The number of carbonyl (C=O) groups excluding carboxylic acids is 5. The first kappa shape index (κ1) is 41.5. The Balaban J connectivity index is 1.87. The number of nitrogens with one attached hydrogen (secondary N) is 4. The summed E-state index contributed by atoms with van der Waals surface area (Å²) in [5.74, 6) is -2.59. The summed E-state index contributed by atoms with van der Waals surface area (Å²) in [6.07, 6.45) is 8.78. The zero-order chi connectivity index (χ0) is 37.7. The highest BCUT2D eigenvalue weighted by molar-refractivity contribution is 7.92. The largest absolute Gasteiger partial charge is 0.346 e. The van der Waals surface area contributed by atoms with Crippen molar-refractivity contribution in [1.82, 2.24) is 26.2 Å². The van der Waals surface area contributed by atoms with Gasteiger partial charge in [0, 0.05) is 13.1 Å². The van der Waals surface area contributed by atoms with Crippen LogP contribution in [0.5, 0.6) is 0 Å². The molecule has 2 saturated carbocycles. The van der Waals surface area contributed by atoms with Gasteiger partial charge in [-0.3, -0.25) is 19.2 Å². The van der Waals surface area contributed by atoms with Crippen molar-refractivity contribution in [2.24, 2.45) is 23.2 Å². The zero-order valence-electron chi connectivity index (χ0n) is 31.7. The molecule has 0 spiro atoms. The van der Waals surface area contributed by atoms with Crippen molar-refractivity contribution in [2.45, 2.75) is 148 Å². The van der Waals surface area contributed by atoms with E-state index in [0.717, 1.165) is 38.5 Å². The van der Waals surface area contributed by atoms with Gasteiger partial charge in [-0.2, -0.15) is 0 Å². The van der Waals surface area contributed by atoms with E-state index in [1.807, 2.05) is 34.6 Å². The van der Waals surface area contributed by atoms with E-state index in [1.54, 1.807) is 20.8 Å². The molecule has 3 aliphatic rings. The van der Waals surface area contributed by atoms with Crippen LogP contribution in [0.25, 0.3) is 0 Å². The van der Waals surface area contributed by atoms with Crippen molar-refractivity contribution in [2.75, 3.05) is 18.8 Å². The smallest absolute Gasteiger partial charge is 0.315 e. The van der Waals surface area contributed by atoms with E-state index in [9.17, 15) is 32.4 Å². The Morgan fingerprint density at radius 2 is 1.54 bits per heavy atom. The van der Waals surface area contributed by atoms with Gasteiger partial charge in [0.2, 0.25) is 17.6 Å². The molecule has 284 valence electrons. The van der Waals surface area contributed by atoms with Crippen molar-refractivity contribution in [3.05, 3.63) is 12.7 Å². The third-order valence-electron chi connectivity index (χ3n) is 10.9. The molecule has 0 aromatic carbocycles. The molecular formula is C37H63N5O7S. The highest BCUT2D eigenvalue weighted by Gasteiger charge is 2.49. The van der Waals surface area contributed by atoms with Crippen LogP contribution in [0.4, 0.5) is 4.79 Å². The number of nitrogens with zero attached hydrogens (tertiary/aromatic N) is 1. The molecule has 0 bridgehead atoms. The van der Waals surface area contributed by atoms with Crippen molar-refractivity contribution in [3.63, 3.8) is 0 Å². The maximum Gasteiger partial charge on any atom is 0.315 e. The molecule has 3 fully saturated rings. The highest BCUT2D eigenvalue weighted by atomic mass is 32.2. The topological polar surface area (TPSA) is 171 Å². The third-order valence-corrected chi connectivity index (χ3v) is 13.7. The third kappa shape index (κ3) is 10.3. The van der Waals surface area contributed by atoms with Crippen molar-refractivity contribution >= 4 is 39.4 Å². The van der Waals surface area contributed by atoms with Crippen LogP contribution in [0.15, 0.2) is 12.7 Å². The van der Waals surface area contributed by atoms with Crippen LogP contribution in [-0.4, -0.2) is 90.1 Å². The standard InChI is InChI=1S/C37H63N5O7S/c1-10-20-38-32(45)29(43)27(22-25-15-14-16-25)39-31(44)28-26(24(2)3)17-21-42(28)33(46)30(35(4,5)6)40-34(47)41-37(18-12-11-13-19-37)23-50(48,49)36(7,8)9/h10,24-28,30H,1,11-23H2,2-9H3,(H,38,45)(H,39,44)(H2,40,41,47)/t26?,27?,28-,30+/m0/s1. The van der Waals surface area contributed by atoms with E-state index >= 15 is 0 Å². The first-order valence-electron chi connectivity index (χ1n) is 18.5. The quantitative estimate of drug-likeness (QED) is 0.155. The number of urea groups is 1. The second-order valence-electron chi connectivity index (χ2n) is 17.2. The summed E-state index contributed by atoms with van der Waals surface area (Å²) in [7, 11) is -3.57. The van der Waals surface area contributed by atoms with E-state index in [4.69, 9.17) is 0 Å². The Labute approximate surface area is 300 Å². The zero-order valence-corrected chi connectivity index (χ0v) is 32.5. The number of rotatable bonds is 14. The summed E-state index contributed by atoms with van der Waals surface area (Å²) in [5.41, 5.74) is -1.73. The van der Waals surface area contributed by atoms with Gasteiger partial charge >= 0.3 is 6.03 Å². The fourth-order valence-corrected chi connectivity index (χ4v) is 8.92. The van der Waals surface area contributed by atoms with Crippen LogP contribution in [-0.2, 0) is 29.0 Å². The fourth-order valence-electron chi connectivity index (χ4n) is 7.39. The number of likely N-dealkylation sites (tertiary alicyclic amines) is 1. The molecule has 0 radical (unpaired) electrons. The Kier molecular flexibility index (Phi) is 13.8. The van der Waals surface area contributed by atoms with E-state index in [1.165, 1.54) is 11.0 Å². The number of ketones is 1. The SMILES string of the molecule is C=CCNC(=O)C(=O)C(CC1CCC1)NC(=O)[C@@H]1C(C(C)C)CCN1C(=O)[C@@H](NC(=O)NC1(CS(=O)(=O)C(C)(C)C)CCCCC1)C(C)(C)C. The van der Waals surface area contributed by atoms with E-state index in [2.05, 4.69) is 27.8 Å². The molecule has 1 aliphatic heterocycles. The van der Waals surface area contributed by atoms with Crippen LogP contribution in [0.2, 0.25) is 0 Å². The number of hydrogen-bond donors (Lipinski definition) is 4. The summed E-state index contributed by atoms with van der Waals surface area (Å²) in [5, 5.41) is 11.3. The summed E-state index contributed by atoms with van der Waals surface area (Å²) in [4.78, 5) is 69.9. The molecule has 5 amide bonds. The molecule has 0 aromatic heterocycles. The molecule has 4 N–H and O–H groups in total. The molecule has 12 nitrogen and oxygen atoms in total. The predicted molar refractivity (Wildman–Crippen MR) is 195 cm³/mol. The molecule has 2 aliphatic carbocycles. The van der Waals surface area contributed by atoms with E-state index < -0.39 is 73.2 Å². The van der Waals surface area contributed by atoms with Crippen LogP contribution in [0, 0.1) is 23.2 Å². The van der Waals surface area contributed by atoms with Gasteiger partial charge in [0.1, 0.15) is 12.1 Å². The van der Waals surface area contributed by atoms with Crippen molar-refractivity contribution in [1.29, 1.82) is 0 Å². The number of amides is 5. The van der Waals surface area contributed by atoms with Gasteiger partial charge in [-0.15, -0.1) is 6.58 Å². The molecule has 50 heavy (non-hydrogen) atoms. The first-order valence-corrected chi connectivity index (χ1v) is 20.1. The molecule has 1 heterocycles. The fraction of sp³-hybridized carbons (Fsp3) is 0.811. The van der Waals surface area contributed by atoms with Gasteiger partial charge in [-0.25, -0.2) is 13.2 Å². The Morgan fingerprint density at radius 3 is 2.04 bits per heavy atom. The molecule has 1 saturated heterocycles. The number of sulfone groups is 1. The van der Waals surface area contributed by atoms with Crippen LogP contribution in [0.3, 0.4) is 0 Å². The molecule has 0 aromatic rings. The van der Waals surface area contributed by atoms with Crippen LogP contribution in [0.1, 0.15) is 120 Å². The lowest BCUT2D eigenvalue weighted by atomic mass is 9.80. The summed E-state index contributed by atoms with van der Waals surface area (Å²) in [6, 6.07) is -3.60. The monoisotopic (exact) mass is 721 g/mol. The highest BCUT2D eigenvalue weighted by Crippen LogP contribution is 2.36. The maximum atomic E-state index is 14.5. The van der Waals surface area contributed by atoms with Gasteiger partial charge in [-0.1, -0.05) is 79.2 Å². The van der Waals surface area contributed by atoms with Crippen molar-refractivity contribution in [3.8, 4) is 0 Å². The summed E-state index contributed by atoms with van der Waals surface area (Å²) >= 11 is 0. The lowest BCUT2D eigenvalue weighted by Gasteiger charge is -2.41. The van der Waals surface area contributed by atoms with E-state index in [0.29, 0.717) is 25.7 Å². The molecular weight excluding hydrogens is 659 g/mol. The van der Waals surface area contributed by atoms with Crippen LogP contribution >= 0.6 is 0 Å². The van der Waals surface area contributed by atoms with Gasteiger partial charge in [0.25, 0.3) is 5.91 Å². The second kappa shape index (κ2) is 16.6. The lowest BCUT2D eigenvalue weighted by Crippen LogP contribution is -2.64. The minimum Gasteiger partial charge on any atom is -0.346 e. The molecule has 13 heteroatoms. The van der Waals surface area contributed by atoms with Crippen molar-refractivity contribution < 1.29 is 32.4 Å². The van der Waals surface area contributed by atoms with Crippen LogP contribution < -0.4 is 21.3 Å². The Hall–Kier alpha value is -2.96. The predicted octanol–water partition coefficient (Wildman–Crippen LogP) is 4.04. The maximum absolute atomic E-state index is 14.5. The summed E-state index contributed by atoms with van der Waals surface area (Å²) < 4.78 is 25.6. The van der Waals surface area contributed by atoms with Gasteiger partial charge in [-0.05, 0) is 69.6 Å². The van der Waals surface area contributed by atoms with Gasteiger partial charge < -0.3 is 26.2 Å². The summed E-state index contributed by atoms with van der Waals surface area (Å²) in [6.45, 7) is 18.4. The van der Waals surface area contributed by atoms with E-state index in [-0.39, 0.29) is 36.6 Å². The second-order valence-corrected chi connectivity index (χ2v) is 20.0. The minimum absolute atomic E-state index is 0.0282. The Morgan fingerprint density at radius 1 is 0.920 bits per heavy atom. The number of Topliss-reactive ketones (excluding diaryl/α,β-unsaturated/α-hetero) is 1. The van der Waals surface area contributed by atoms with Gasteiger partial charge in [0.05, 0.1) is 22.1 Å². The average Bonchev–Trinajstić information content (AvgIpc) is 3.44. The minimum atomic E-state index is -3.57.